The number of hydrogen-bond acceptors (Lipinski definition) is 6. The second-order valence-electron chi connectivity index (χ2n) is 3.84. The molecule has 2 aromatic rings. The summed E-state index contributed by atoms with van der Waals surface area (Å²) in [4.78, 5) is 6.58. The Morgan fingerprint density at radius 1 is 1.44 bits per heavy atom. The summed E-state index contributed by atoms with van der Waals surface area (Å²) in [5.74, 6) is 1.02. The zero-order chi connectivity index (χ0) is 13.0. The van der Waals surface area contributed by atoms with E-state index in [-0.39, 0.29) is 6.04 Å². The molecule has 0 bridgehead atoms. The van der Waals surface area contributed by atoms with E-state index in [0.29, 0.717) is 24.9 Å². The Balaban J connectivity index is 2.09. The SMILES string of the molecule is CCOCC(N)c1noc(-c2ccc(CC)s2)n1. The van der Waals surface area contributed by atoms with Crippen LogP contribution in [0.1, 0.15) is 30.6 Å². The lowest BCUT2D eigenvalue weighted by molar-refractivity contribution is 0.130. The van der Waals surface area contributed by atoms with Crippen molar-refractivity contribution >= 4 is 11.3 Å². The fourth-order valence-corrected chi connectivity index (χ4v) is 2.36. The van der Waals surface area contributed by atoms with E-state index in [0.717, 1.165) is 11.3 Å². The molecule has 0 aliphatic carbocycles. The number of nitrogens with zero attached hydrogens (tertiary/aromatic N) is 2. The van der Waals surface area contributed by atoms with Crippen molar-refractivity contribution in [1.82, 2.24) is 10.1 Å². The van der Waals surface area contributed by atoms with Crippen molar-refractivity contribution < 1.29 is 9.26 Å². The summed E-state index contributed by atoms with van der Waals surface area (Å²) in [6.45, 7) is 5.07. The lowest BCUT2D eigenvalue weighted by Crippen LogP contribution is -2.18. The predicted molar refractivity (Wildman–Crippen MR) is 70.4 cm³/mol. The van der Waals surface area contributed by atoms with Gasteiger partial charge in [0.15, 0.2) is 5.82 Å². The van der Waals surface area contributed by atoms with Gasteiger partial charge in [-0.15, -0.1) is 11.3 Å². The molecule has 1 atom stereocenters. The molecule has 0 saturated heterocycles. The molecule has 5 nitrogen and oxygen atoms in total. The monoisotopic (exact) mass is 267 g/mol. The van der Waals surface area contributed by atoms with Gasteiger partial charge in [-0.25, -0.2) is 0 Å². The number of rotatable bonds is 6. The highest BCUT2D eigenvalue weighted by molar-refractivity contribution is 7.15. The summed E-state index contributed by atoms with van der Waals surface area (Å²) in [5.41, 5.74) is 5.90. The van der Waals surface area contributed by atoms with Gasteiger partial charge in [-0.2, -0.15) is 4.98 Å². The lowest BCUT2D eigenvalue weighted by atomic mass is 10.3. The van der Waals surface area contributed by atoms with Crippen LogP contribution in [0.2, 0.25) is 0 Å². The van der Waals surface area contributed by atoms with Crippen LogP contribution in [0.25, 0.3) is 10.8 Å². The fraction of sp³-hybridized carbons (Fsp3) is 0.500. The second-order valence-corrected chi connectivity index (χ2v) is 5.01. The van der Waals surface area contributed by atoms with Crippen molar-refractivity contribution in [3.05, 3.63) is 22.8 Å². The molecule has 2 N–H and O–H groups in total. The summed E-state index contributed by atoms with van der Waals surface area (Å²) in [6, 6.07) is 3.73. The largest absolute Gasteiger partial charge is 0.380 e. The molecule has 0 aliphatic rings. The van der Waals surface area contributed by atoms with Crippen molar-refractivity contribution in [2.24, 2.45) is 5.73 Å². The smallest absolute Gasteiger partial charge is 0.268 e. The Hall–Kier alpha value is -1.24. The van der Waals surface area contributed by atoms with E-state index < -0.39 is 0 Å². The minimum atomic E-state index is -0.340. The van der Waals surface area contributed by atoms with E-state index in [9.17, 15) is 0 Å². The van der Waals surface area contributed by atoms with Crippen molar-refractivity contribution in [3.8, 4) is 10.8 Å². The number of aryl methyl sites for hydroxylation is 1. The summed E-state index contributed by atoms with van der Waals surface area (Å²) in [6.07, 6.45) is 1.01. The van der Waals surface area contributed by atoms with Crippen molar-refractivity contribution in [2.45, 2.75) is 26.3 Å². The van der Waals surface area contributed by atoms with E-state index in [1.165, 1.54) is 4.88 Å². The van der Waals surface area contributed by atoms with Crippen LogP contribution in [-0.4, -0.2) is 23.4 Å². The summed E-state index contributed by atoms with van der Waals surface area (Å²) in [5, 5.41) is 3.90. The maximum atomic E-state index is 5.90. The minimum absolute atomic E-state index is 0.340. The fourth-order valence-electron chi connectivity index (χ4n) is 1.49. The van der Waals surface area contributed by atoms with Gasteiger partial charge in [-0.1, -0.05) is 12.1 Å². The number of nitrogens with two attached hydrogens (primary N) is 1. The second kappa shape index (κ2) is 6.08. The van der Waals surface area contributed by atoms with E-state index >= 15 is 0 Å². The van der Waals surface area contributed by atoms with E-state index in [4.69, 9.17) is 15.0 Å². The molecule has 0 spiro atoms. The van der Waals surface area contributed by atoms with Gasteiger partial charge in [-0.3, -0.25) is 0 Å². The molecule has 0 fully saturated rings. The van der Waals surface area contributed by atoms with Gasteiger partial charge in [0.2, 0.25) is 0 Å². The van der Waals surface area contributed by atoms with Gasteiger partial charge in [0.25, 0.3) is 5.89 Å². The molecule has 2 aromatic heterocycles. The van der Waals surface area contributed by atoms with Crippen LogP contribution in [-0.2, 0) is 11.2 Å². The Morgan fingerprint density at radius 2 is 2.28 bits per heavy atom. The quantitative estimate of drug-likeness (QED) is 0.870. The van der Waals surface area contributed by atoms with Gasteiger partial charge < -0.3 is 15.0 Å². The highest BCUT2D eigenvalue weighted by Crippen LogP contribution is 2.27. The van der Waals surface area contributed by atoms with Gasteiger partial charge in [0.1, 0.15) is 0 Å². The first-order chi connectivity index (χ1) is 8.74. The molecule has 98 valence electrons. The average molecular weight is 267 g/mol. The molecule has 0 aliphatic heterocycles. The standard InChI is InChI=1S/C12H17N3O2S/c1-3-8-5-6-10(18-8)12-14-11(15-17-12)9(13)7-16-4-2/h5-6,9H,3-4,7,13H2,1-2H3. The van der Waals surface area contributed by atoms with Crippen molar-refractivity contribution in [2.75, 3.05) is 13.2 Å². The van der Waals surface area contributed by atoms with Crippen LogP contribution < -0.4 is 5.73 Å². The Labute approximate surface area is 110 Å². The zero-order valence-electron chi connectivity index (χ0n) is 10.5. The molecule has 6 heteroatoms. The Bertz CT molecular complexity index is 495. The van der Waals surface area contributed by atoms with Crippen LogP contribution in [0, 0.1) is 0 Å². The molecule has 1 unspecified atom stereocenters. The van der Waals surface area contributed by atoms with Crippen LogP contribution in [0.4, 0.5) is 0 Å². The third-order valence-electron chi connectivity index (χ3n) is 2.50. The predicted octanol–water partition coefficient (Wildman–Crippen LogP) is 2.40. The van der Waals surface area contributed by atoms with Crippen LogP contribution in [0.3, 0.4) is 0 Å². The van der Waals surface area contributed by atoms with E-state index in [1.807, 2.05) is 13.0 Å². The maximum Gasteiger partial charge on any atom is 0.268 e. The van der Waals surface area contributed by atoms with Crippen molar-refractivity contribution in [1.29, 1.82) is 0 Å². The number of hydrogen-bond donors (Lipinski definition) is 1. The maximum absolute atomic E-state index is 5.90. The average Bonchev–Trinajstić information content (AvgIpc) is 3.03. The molecule has 0 aromatic carbocycles. The zero-order valence-corrected chi connectivity index (χ0v) is 11.4. The molecule has 0 radical (unpaired) electrons. The molecular weight excluding hydrogens is 250 g/mol. The molecule has 18 heavy (non-hydrogen) atoms. The molecule has 0 saturated carbocycles. The number of ether oxygens (including phenoxy) is 1. The summed E-state index contributed by atoms with van der Waals surface area (Å²) >= 11 is 1.66. The van der Waals surface area contributed by atoms with Crippen LogP contribution in [0.15, 0.2) is 16.7 Å². The van der Waals surface area contributed by atoms with Gasteiger partial charge in [-0.05, 0) is 25.5 Å². The summed E-state index contributed by atoms with van der Waals surface area (Å²) in [7, 11) is 0. The van der Waals surface area contributed by atoms with E-state index in [1.54, 1.807) is 11.3 Å². The minimum Gasteiger partial charge on any atom is -0.380 e. The van der Waals surface area contributed by atoms with Gasteiger partial charge in [0.05, 0.1) is 17.5 Å². The first-order valence-corrected chi connectivity index (χ1v) is 6.82. The van der Waals surface area contributed by atoms with Crippen molar-refractivity contribution in [3.63, 3.8) is 0 Å². The highest BCUT2D eigenvalue weighted by atomic mass is 32.1. The number of thiophene rings is 1. The Morgan fingerprint density at radius 3 is 2.94 bits per heavy atom. The van der Waals surface area contributed by atoms with Crippen LogP contribution >= 0.6 is 11.3 Å². The topological polar surface area (TPSA) is 74.2 Å². The molecule has 2 heterocycles. The number of aromatic nitrogens is 2. The van der Waals surface area contributed by atoms with Gasteiger partial charge >= 0.3 is 0 Å². The first kappa shape index (κ1) is 13.2. The molecular formula is C12H17N3O2S. The normalized spacial score (nSPS) is 12.8. The Kier molecular flexibility index (Phi) is 4.46. The third kappa shape index (κ3) is 2.95. The van der Waals surface area contributed by atoms with Crippen LogP contribution in [0.5, 0.6) is 0 Å². The third-order valence-corrected chi connectivity index (χ3v) is 3.71. The lowest BCUT2D eigenvalue weighted by Gasteiger charge is -2.05. The summed E-state index contributed by atoms with van der Waals surface area (Å²) < 4.78 is 10.5. The highest BCUT2D eigenvalue weighted by Gasteiger charge is 2.16. The molecule has 0 amide bonds. The van der Waals surface area contributed by atoms with Gasteiger partial charge in [0, 0.05) is 11.5 Å². The first-order valence-electron chi connectivity index (χ1n) is 6.00. The van der Waals surface area contributed by atoms with E-state index in [2.05, 4.69) is 23.1 Å². The molecule has 2 rings (SSSR count).